The maximum Gasteiger partial charge on any atom is 1.00 e. The fourth-order valence-corrected chi connectivity index (χ4v) is 1.67. The van der Waals surface area contributed by atoms with Crippen molar-refractivity contribution in [2.45, 2.75) is 10.2 Å². The molecule has 66 valence electrons. The Kier molecular flexibility index (Phi) is 5.74. The number of hydrogen-bond donors (Lipinski definition) is 0. The van der Waals surface area contributed by atoms with Gasteiger partial charge in [0.25, 0.3) is 0 Å². The quantitative estimate of drug-likeness (QED) is 0.374. The summed E-state index contributed by atoms with van der Waals surface area (Å²) >= 11 is 3.16. The van der Waals surface area contributed by atoms with Crippen LogP contribution < -0.4 is 29.6 Å². The summed E-state index contributed by atoms with van der Waals surface area (Å²) in [5, 5.41) is 0.538. The number of hydrogen-bond acceptors (Lipinski definition) is 3. The maximum absolute atomic E-state index is 10.5. The van der Waals surface area contributed by atoms with E-state index in [0.717, 1.165) is 5.56 Å². The van der Waals surface area contributed by atoms with E-state index in [1.165, 1.54) is 12.1 Å². The Morgan fingerprint density at radius 3 is 2.46 bits per heavy atom. The second kappa shape index (κ2) is 5.48. The predicted molar refractivity (Wildman–Crippen MR) is 47.0 cm³/mol. The van der Waals surface area contributed by atoms with Crippen molar-refractivity contribution < 1.29 is 42.5 Å². The number of halogens is 1. The molecule has 1 aromatic rings. The van der Waals surface area contributed by atoms with Crippen molar-refractivity contribution in [3.8, 4) is 0 Å². The summed E-state index contributed by atoms with van der Waals surface area (Å²) in [4.78, 5) is -0.181. The molecule has 0 aliphatic carbocycles. The zero-order chi connectivity index (χ0) is 9.19. The van der Waals surface area contributed by atoms with Gasteiger partial charge in [0.15, 0.2) is 0 Å². The van der Waals surface area contributed by atoms with Crippen LogP contribution in [0.25, 0.3) is 0 Å². The summed E-state index contributed by atoms with van der Waals surface area (Å²) in [6.45, 7) is 0. The van der Waals surface area contributed by atoms with E-state index in [9.17, 15) is 13.0 Å². The fourth-order valence-electron chi connectivity index (χ4n) is 0.784. The van der Waals surface area contributed by atoms with E-state index in [4.69, 9.17) is 0 Å². The van der Waals surface area contributed by atoms with Crippen LogP contribution >= 0.6 is 15.9 Å². The van der Waals surface area contributed by atoms with Crippen molar-refractivity contribution in [3.05, 3.63) is 29.8 Å². The summed E-state index contributed by atoms with van der Waals surface area (Å²) in [6, 6.07) is 5.93. The van der Waals surface area contributed by atoms with Gasteiger partial charge in [-0.3, -0.25) is 0 Å². The van der Waals surface area contributed by atoms with Crippen molar-refractivity contribution in [3.63, 3.8) is 0 Å². The van der Waals surface area contributed by atoms with Gasteiger partial charge in [-0.15, -0.1) is 0 Å². The molecule has 0 radical (unpaired) electrons. The molecule has 0 aliphatic rings. The van der Waals surface area contributed by atoms with E-state index in [2.05, 4.69) is 15.9 Å². The molecule has 1 rings (SSSR count). The van der Waals surface area contributed by atoms with Crippen LogP contribution in [-0.4, -0.2) is 13.0 Å². The second-order valence-corrected chi connectivity index (χ2v) is 4.18. The Morgan fingerprint density at radius 2 is 2.00 bits per heavy atom. The van der Waals surface area contributed by atoms with Gasteiger partial charge in [0.1, 0.15) is 10.1 Å². The van der Waals surface area contributed by atoms with E-state index in [1.54, 1.807) is 12.1 Å². The van der Waals surface area contributed by atoms with Gasteiger partial charge in [0, 0.05) is 5.33 Å². The van der Waals surface area contributed by atoms with E-state index < -0.39 is 10.1 Å². The minimum absolute atomic E-state index is 0. The largest absolute Gasteiger partial charge is 1.00 e. The van der Waals surface area contributed by atoms with E-state index >= 15 is 0 Å². The summed E-state index contributed by atoms with van der Waals surface area (Å²) in [6.07, 6.45) is 0. The third-order valence-electron chi connectivity index (χ3n) is 1.34. The Morgan fingerprint density at radius 1 is 1.38 bits per heavy atom. The average Bonchev–Trinajstić information content (AvgIpc) is 2.03. The maximum atomic E-state index is 10.5. The van der Waals surface area contributed by atoms with Gasteiger partial charge in [0.2, 0.25) is 0 Å². The topological polar surface area (TPSA) is 57.2 Å². The van der Waals surface area contributed by atoms with Crippen LogP contribution in [0.15, 0.2) is 29.2 Å². The van der Waals surface area contributed by atoms with Crippen LogP contribution in [0.2, 0.25) is 0 Å². The molecule has 0 unspecified atom stereocenters. The predicted octanol–water partition coefficient (Wildman–Crippen LogP) is -1.51. The Labute approximate surface area is 108 Å². The molecule has 0 amide bonds. The van der Waals surface area contributed by atoms with E-state index in [0.29, 0.717) is 5.33 Å². The number of rotatable bonds is 2. The molecule has 0 atom stereocenters. The van der Waals surface area contributed by atoms with Crippen molar-refractivity contribution >= 4 is 26.0 Å². The molecule has 0 saturated heterocycles. The van der Waals surface area contributed by atoms with E-state index in [-0.39, 0.29) is 34.5 Å². The molecule has 0 N–H and O–H groups in total. The van der Waals surface area contributed by atoms with Gasteiger partial charge in [-0.2, -0.15) is 0 Å². The molecule has 0 spiro atoms. The van der Waals surface area contributed by atoms with Gasteiger partial charge in [-0.25, -0.2) is 8.42 Å². The van der Waals surface area contributed by atoms with Crippen molar-refractivity contribution in [1.29, 1.82) is 0 Å². The van der Waals surface area contributed by atoms with Crippen LogP contribution in [0, 0.1) is 0 Å². The third kappa shape index (κ3) is 4.10. The molecule has 1 aromatic carbocycles. The second-order valence-electron chi connectivity index (χ2n) is 2.24. The van der Waals surface area contributed by atoms with Crippen LogP contribution in [0.4, 0.5) is 0 Å². The van der Waals surface area contributed by atoms with Crippen LogP contribution in [-0.2, 0) is 15.4 Å². The van der Waals surface area contributed by atoms with Crippen LogP contribution in [0.3, 0.4) is 0 Å². The van der Waals surface area contributed by atoms with Crippen LogP contribution in [0.1, 0.15) is 5.56 Å². The third-order valence-corrected chi connectivity index (χ3v) is 2.82. The molecule has 0 fully saturated rings. The standard InChI is InChI=1S/C7H7BrO3S.Na/c8-5-6-2-1-3-7(4-6)12(9,10)11;/h1-4H,5H2,(H,9,10,11);/q;+1/p-1. The van der Waals surface area contributed by atoms with Crippen molar-refractivity contribution in [1.82, 2.24) is 0 Å². The first-order valence-electron chi connectivity index (χ1n) is 3.15. The smallest absolute Gasteiger partial charge is 0.744 e. The van der Waals surface area contributed by atoms with Gasteiger partial charge < -0.3 is 4.55 Å². The minimum atomic E-state index is -4.31. The van der Waals surface area contributed by atoms with Gasteiger partial charge in [0.05, 0.1) is 4.90 Å². The molecule has 0 heterocycles. The number of benzene rings is 1. The van der Waals surface area contributed by atoms with Gasteiger partial charge >= 0.3 is 29.6 Å². The SMILES string of the molecule is O=S(=O)([O-])c1cccc(CBr)c1.[Na+]. The molecule has 6 heteroatoms. The molecule has 3 nitrogen and oxygen atoms in total. The molecule has 0 aromatic heterocycles. The number of alkyl halides is 1. The zero-order valence-corrected chi connectivity index (χ0v) is 11.4. The van der Waals surface area contributed by atoms with Gasteiger partial charge in [-0.1, -0.05) is 28.1 Å². The summed E-state index contributed by atoms with van der Waals surface area (Å²) in [5.41, 5.74) is 0.770. The summed E-state index contributed by atoms with van der Waals surface area (Å²) in [7, 11) is -4.31. The zero-order valence-electron chi connectivity index (χ0n) is 7.03. The first-order chi connectivity index (χ1) is 5.54. The normalized spacial score (nSPS) is 10.6. The molecular weight excluding hydrogens is 267 g/mol. The van der Waals surface area contributed by atoms with Crippen LogP contribution in [0.5, 0.6) is 0 Å². The molecule has 0 saturated carbocycles. The van der Waals surface area contributed by atoms with E-state index in [1.807, 2.05) is 0 Å². The minimum Gasteiger partial charge on any atom is -0.744 e. The molecule has 0 aliphatic heterocycles. The fraction of sp³-hybridized carbons (Fsp3) is 0.143. The molecule has 0 bridgehead atoms. The summed E-state index contributed by atoms with van der Waals surface area (Å²) in [5.74, 6) is 0. The summed E-state index contributed by atoms with van der Waals surface area (Å²) < 4.78 is 31.6. The van der Waals surface area contributed by atoms with Gasteiger partial charge in [-0.05, 0) is 17.7 Å². The molecular formula is C7H6BrNaO3S. The first kappa shape index (κ1) is 13.6. The average molecular weight is 273 g/mol. The van der Waals surface area contributed by atoms with Crippen molar-refractivity contribution in [2.75, 3.05) is 0 Å². The monoisotopic (exact) mass is 272 g/mol. The molecule has 13 heavy (non-hydrogen) atoms. The Bertz CT molecular complexity index is 377. The first-order valence-corrected chi connectivity index (χ1v) is 5.68. The Hall–Kier alpha value is 0.610. The van der Waals surface area contributed by atoms with Crippen molar-refractivity contribution in [2.24, 2.45) is 0 Å². The Balaban J connectivity index is 0.00000144.